The number of ether oxygens (including phenoxy) is 3. The van der Waals surface area contributed by atoms with Crippen molar-refractivity contribution in [2.75, 3.05) is 26.1 Å². The number of non-ortho nitro benzene ring substituents is 1. The molecule has 0 heterocycles. The molecule has 1 amide bonds. The highest BCUT2D eigenvalue weighted by Gasteiger charge is 2.16. The lowest BCUT2D eigenvalue weighted by Gasteiger charge is -2.12. The third-order valence-corrected chi connectivity index (χ3v) is 3.32. The van der Waals surface area contributed by atoms with Gasteiger partial charge in [-0.25, -0.2) is 4.79 Å². The average molecular weight is 360 g/mol. The predicted molar refractivity (Wildman–Crippen MR) is 91.6 cm³/mol. The van der Waals surface area contributed by atoms with Gasteiger partial charge in [0.25, 0.3) is 11.6 Å². The monoisotopic (exact) mass is 360 g/mol. The van der Waals surface area contributed by atoms with Crippen LogP contribution in [0.4, 0.5) is 11.4 Å². The SMILES string of the molecule is COC(=O)c1ccccc1OCC(=O)Nc1ccc([N+](=O)[O-])cc1OC. The lowest BCUT2D eigenvalue weighted by Crippen LogP contribution is -2.21. The molecule has 0 aliphatic rings. The molecule has 0 unspecified atom stereocenters. The molecule has 26 heavy (non-hydrogen) atoms. The summed E-state index contributed by atoms with van der Waals surface area (Å²) in [6.45, 7) is -0.381. The number of nitro benzene ring substituents is 1. The molecular formula is C17H16N2O7. The van der Waals surface area contributed by atoms with Crippen LogP contribution in [0, 0.1) is 10.1 Å². The highest BCUT2D eigenvalue weighted by Crippen LogP contribution is 2.29. The van der Waals surface area contributed by atoms with Gasteiger partial charge in [0.15, 0.2) is 6.61 Å². The Bertz CT molecular complexity index is 836. The van der Waals surface area contributed by atoms with Gasteiger partial charge in [0.2, 0.25) is 0 Å². The van der Waals surface area contributed by atoms with Crippen LogP contribution in [0.5, 0.6) is 11.5 Å². The summed E-state index contributed by atoms with van der Waals surface area (Å²) in [5.41, 5.74) is 0.284. The number of nitro groups is 1. The van der Waals surface area contributed by atoms with Gasteiger partial charge in [-0.05, 0) is 18.2 Å². The van der Waals surface area contributed by atoms with Crippen molar-refractivity contribution < 1.29 is 28.7 Å². The van der Waals surface area contributed by atoms with E-state index in [1.807, 2.05) is 0 Å². The largest absolute Gasteiger partial charge is 0.494 e. The number of hydrogen-bond acceptors (Lipinski definition) is 7. The molecule has 0 spiro atoms. The Labute approximate surface area is 148 Å². The maximum Gasteiger partial charge on any atom is 0.341 e. The van der Waals surface area contributed by atoms with Gasteiger partial charge >= 0.3 is 5.97 Å². The first kappa shape index (κ1) is 18.7. The van der Waals surface area contributed by atoms with Crippen LogP contribution < -0.4 is 14.8 Å². The number of benzene rings is 2. The summed E-state index contributed by atoms with van der Waals surface area (Å²) in [6.07, 6.45) is 0. The van der Waals surface area contributed by atoms with E-state index >= 15 is 0 Å². The molecule has 0 saturated heterocycles. The maximum atomic E-state index is 12.1. The van der Waals surface area contributed by atoms with Crippen LogP contribution in [0.25, 0.3) is 0 Å². The molecule has 2 aromatic rings. The minimum Gasteiger partial charge on any atom is -0.494 e. The minimum atomic E-state index is -0.585. The van der Waals surface area contributed by atoms with E-state index in [9.17, 15) is 19.7 Å². The van der Waals surface area contributed by atoms with E-state index in [1.165, 1.54) is 44.6 Å². The zero-order chi connectivity index (χ0) is 19.1. The first-order valence-corrected chi connectivity index (χ1v) is 7.38. The van der Waals surface area contributed by atoms with Gasteiger partial charge in [-0.15, -0.1) is 0 Å². The summed E-state index contributed by atoms with van der Waals surface area (Å²) < 4.78 is 15.1. The van der Waals surface area contributed by atoms with Crippen LogP contribution >= 0.6 is 0 Å². The lowest BCUT2D eigenvalue weighted by molar-refractivity contribution is -0.384. The fourth-order valence-corrected chi connectivity index (χ4v) is 2.10. The van der Waals surface area contributed by atoms with Crippen molar-refractivity contribution in [3.8, 4) is 11.5 Å². The van der Waals surface area contributed by atoms with Crippen molar-refractivity contribution in [1.29, 1.82) is 0 Å². The van der Waals surface area contributed by atoms with Crippen molar-refractivity contribution in [2.24, 2.45) is 0 Å². The number of anilines is 1. The molecule has 0 radical (unpaired) electrons. The summed E-state index contributed by atoms with van der Waals surface area (Å²) in [7, 11) is 2.57. The second-order valence-corrected chi connectivity index (χ2v) is 4.97. The van der Waals surface area contributed by atoms with Crippen molar-refractivity contribution in [2.45, 2.75) is 0 Å². The quantitative estimate of drug-likeness (QED) is 0.458. The van der Waals surface area contributed by atoms with E-state index in [1.54, 1.807) is 12.1 Å². The molecule has 9 heteroatoms. The van der Waals surface area contributed by atoms with Gasteiger partial charge in [0.05, 0.1) is 30.9 Å². The maximum absolute atomic E-state index is 12.1. The number of carbonyl (C=O) groups excluding carboxylic acids is 2. The van der Waals surface area contributed by atoms with Crippen LogP contribution in [-0.2, 0) is 9.53 Å². The van der Waals surface area contributed by atoms with Gasteiger partial charge in [-0.3, -0.25) is 14.9 Å². The van der Waals surface area contributed by atoms with E-state index < -0.39 is 16.8 Å². The molecule has 0 aromatic heterocycles. The molecule has 0 atom stereocenters. The van der Waals surface area contributed by atoms with Crippen LogP contribution in [0.3, 0.4) is 0 Å². The number of para-hydroxylation sites is 1. The standard InChI is InChI=1S/C17H16N2O7/c1-24-15-9-11(19(22)23)7-8-13(15)18-16(20)10-26-14-6-4-3-5-12(14)17(21)25-2/h3-9H,10H2,1-2H3,(H,18,20). The number of carbonyl (C=O) groups is 2. The Morgan fingerprint density at radius 3 is 2.50 bits per heavy atom. The fraction of sp³-hybridized carbons (Fsp3) is 0.176. The third kappa shape index (κ3) is 4.47. The van der Waals surface area contributed by atoms with Gasteiger partial charge < -0.3 is 19.5 Å². The van der Waals surface area contributed by atoms with Crippen LogP contribution in [0.2, 0.25) is 0 Å². The normalized spacial score (nSPS) is 9.92. The molecule has 0 aliphatic carbocycles. The second kappa shape index (κ2) is 8.47. The Morgan fingerprint density at radius 2 is 1.85 bits per heavy atom. The summed E-state index contributed by atoms with van der Waals surface area (Å²) in [5.74, 6) is -0.775. The van der Waals surface area contributed by atoms with E-state index in [4.69, 9.17) is 9.47 Å². The molecule has 1 N–H and O–H groups in total. The second-order valence-electron chi connectivity index (χ2n) is 4.97. The first-order valence-electron chi connectivity index (χ1n) is 7.38. The molecule has 136 valence electrons. The molecule has 0 fully saturated rings. The third-order valence-electron chi connectivity index (χ3n) is 3.32. The molecule has 0 saturated carbocycles. The Morgan fingerprint density at radius 1 is 1.12 bits per heavy atom. The first-order chi connectivity index (χ1) is 12.5. The molecule has 0 aliphatic heterocycles. The Kier molecular flexibility index (Phi) is 6.10. The topological polar surface area (TPSA) is 117 Å². The molecule has 0 bridgehead atoms. The highest BCUT2D eigenvalue weighted by atomic mass is 16.6. The van der Waals surface area contributed by atoms with Crippen molar-refractivity contribution in [3.63, 3.8) is 0 Å². The average Bonchev–Trinajstić information content (AvgIpc) is 2.66. The smallest absolute Gasteiger partial charge is 0.341 e. The zero-order valence-corrected chi connectivity index (χ0v) is 14.1. The number of hydrogen-bond donors (Lipinski definition) is 1. The van der Waals surface area contributed by atoms with Crippen molar-refractivity contribution in [3.05, 3.63) is 58.1 Å². The van der Waals surface area contributed by atoms with Gasteiger partial charge in [0, 0.05) is 6.07 Å². The van der Waals surface area contributed by atoms with E-state index in [-0.39, 0.29) is 35.0 Å². The van der Waals surface area contributed by atoms with Gasteiger partial charge in [0.1, 0.15) is 17.1 Å². The van der Waals surface area contributed by atoms with Gasteiger partial charge in [-0.1, -0.05) is 12.1 Å². The van der Waals surface area contributed by atoms with E-state index in [0.717, 1.165) is 0 Å². The number of rotatable bonds is 7. The summed E-state index contributed by atoms with van der Waals surface area (Å²) >= 11 is 0. The predicted octanol–water partition coefficient (Wildman–Crippen LogP) is 2.41. The molecule has 2 aromatic carbocycles. The van der Waals surface area contributed by atoms with E-state index in [0.29, 0.717) is 0 Å². The number of esters is 1. The van der Waals surface area contributed by atoms with Crippen LogP contribution in [0.1, 0.15) is 10.4 Å². The number of nitrogens with one attached hydrogen (secondary N) is 1. The zero-order valence-electron chi connectivity index (χ0n) is 14.1. The number of amides is 1. The summed E-state index contributed by atoms with van der Waals surface area (Å²) in [4.78, 5) is 34.0. The summed E-state index contributed by atoms with van der Waals surface area (Å²) in [5, 5.41) is 13.3. The highest BCUT2D eigenvalue weighted by molar-refractivity contribution is 5.94. The number of methoxy groups -OCH3 is 2. The molecular weight excluding hydrogens is 344 g/mol. The van der Waals surface area contributed by atoms with Crippen LogP contribution in [0.15, 0.2) is 42.5 Å². The summed E-state index contributed by atoms with van der Waals surface area (Å²) in [6, 6.07) is 10.1. The molecule has 2 rings (SSSR count). The van der Waals surface area contributed by atoms with Crippen molar-refractivity contribution >= 4 is 23.3 Å². The van der Waals surface area contributed by atoms with Crippen LogP contribution in [-0.4, -0.2) is 37.6 Å². The number of nitrogens with zero attached hydrogens (tertiary/aromatic N) is 1. The molecule has 9 nitrogen and oxygen atoms in total. The Hall–Kier alpha value is -3.62. The minimum absolute atomic E-state index is 0.141. The van der Waals surface area contributed by atoms with E-state index in [2.05, 4.69) is 10.1 Å². The lowest BCUT2D eigenvalue weighted by atomic mass is 10.2. The Balaban J connectivity index is 2.06. The fourth-order valence-electron chi connectivity index (χ4n) is 2.10. The van der Waals surface area contributed by atoms with Crippen molar-refractivity contribution in [1.82, 2.24) is 0 Å². The van der Waals surface area contributed by atoms with Gasteiger partial charge in [-0.2, -0.15) is 0 Å².